The molecule has 0 aromatic carbocycles. The molecule has 94 valence electrons. The number of nitrogens with one attached hydrogen (secondary N) is 1. The van der Waals surface area contributed by atoms with E-state index in [0.717, 1.165) is 5.76 Å². The van der Waals surface area contributed by atoms with Gasteiger partial charge >= 0.3 is 5.69 Å². The monoisotopic (exact) mass is 248 g/mol. The SMILES string of the molecule is Cc1ccc(CNc2nc(N)ccc2[N+](=O)[O-])o1. The van der Waals surface area contributed by atoms with Crippen LogP contribution in [0.25, 0.3) is 0 Å². The molecule has 0 fully saturated rings. The minimum absolute atomic E-state index is 0.118. The van der Waals surface area contributed by atoms with Gasteiger partial charge in [-0.3, -0.25) is 10.1 Å². The van der Waals surface area contributed by atoms with Crippen molar-refractivity contribution in [1.29, 1.82) is 0 Å². The van der Waals surface area contributed by atoms with Gasteiger partial charge in [0, 0.05) is 6.07 Å². The van der Waals surface area contributed by atoms with E-state index in [0.29, 0.717) is 12.3 Å². The third kappa shape index (κ3) is 2.57. The Balaban J connectivity index is 2.17. The average Bonchev–Trinajstić information content (AvgIpc) is 2.72. The van der Waals surface area contributed by atoms with Gasteiger partial charge < -0.3 is 15.5 Å². The van der Waals surface area contributed by atoms with Crippen LogP contribution in [0.3, 0.4) is 0 Å². The summed E-state index contributed by atoms with van der Waals surface area (Å²) in [6, 6.07) is 6.32. The summed E-state index contributed by atoms with van der Waals surface area (Å²) in [6.07, 6.45) is 0. The van der Waals surface area contributed by atoms with Gasteiger partial charge in [-0.25, -0.2) is 4.98 Å². The van der Waals surface area contributed by atoms with Crippen LogP contribution in [0.1, 0.15) is 11.5 Å². The van der Waals surface area contributed by atoms with E-state index in [1.165, 1.54) is 12.1 Å². The zero-order chi connectivity index (χ0) is 13.1. The Hall–Kier alpha value is -2.57. The molecule has 0 aliphatic rings. The summed E-state index contributed by atoms with van der Waals surface area (Å²) in [4.78, 5) is 14.2. The van der Waals surface area contributed by atoms with Crippen molar-refractivity contribution < 1.29 is 9.34 Å². The summed E-state index contributed by atoms with van der Waals surface area (Å²) in [5.41, 5.74) is 5.39. The smallest absolute Gasteiger partial charge is 0.311 e. The molecule has 0 amide bonds. The summed E-state index contributed by atoms with van der Waals surface area (Å²) in [6.45, 7) is 2.13. The Morgan fingerprint density at radius 2 is 2.22 bits per heavy atom. The van der Waals surface area contributed by atoms with E-state index in [9.17, 15) is 10.1 Å². The zero-order valence-electron chi connectivity index (χ0n) is 9.71. The predicted molar refractivity (Wildman–Crippen MR) is 66.1 cm³/mol. The lowest BCUT2D eigenvalue weighted by Gasteiger charge is -2.05. The molecule has 0 saturated carbocycles. The topological polar surface area (TPSA) is 107 Å². The second-order valence-electron chi connectivity index (χ2n) is 3.73. The molecule has 7 nitrogen and oxygen atoms in total. The third-order valence-corrected chi connectivity index (χ3v) is 2.32. The molecular weight excluding hydrogens is 236 g/mol. The molecule has 0 unspecified atom stereocenters. The molecule has 0 atom stereocenters. The van der Waals surface area contributed by atoms with Crippen LogP contribution >= 0.6 is 0 Å². The highest BCUT2D eigenvalue weighted by Gasteiger charge is 2.15. The maximum absolute atomic E-state index is 10.8. The molecule has 0 saturated heterocycles. The number of furan rings is 1. The van der Waals surface area contributed by atoms with Crippen molar-refractivity contribution in [3.8, 4) is 0 Å². The Morgan fingerprint density at radius 1 is 1.44 bits per heavy atom. The fourth-order valence-electron chi connectivity index (χ4n) is 1.50. The van der Waals surface area contributed by atoms with Crippen LogP contribution in [-0.2, 0) is 6.54 Å². The first-order chi connectivity index (χ1) is 8.56. The number of nitro groups is 1. The van der Waals surface area contributed by atoms with Gasteiger partial charge in [-0.05, 0) is 25.1 Å². The van der Waals surface area contributed by atoms with Crippen LogP contribution in [0.15, 0.2) is 28.7 Å². The van der Waals surface area contributed by atoms with Crippen molar-refractivity contribution in [2.24, 2.45) is 0 Å². The Kier molecular flexibility index (Phi) is 3.13. The zero-order valence-corrected chi connectivity index (χ0v) is 9.71. The number of anilines is 2. The molecule has 2 aromatic heterocycles. The van der Waals surface area contributed by atoms with Crippen molar-refractivity contribution in [2.45, 2.75) is 13.5 Å². The standard InChI is InChI=1S/C11H12N4O3/c1-7-2-3-8(18-7)6-13-11-9(15(16)17)4-5-10(12)14-11/h2-5H,6H2,1H3,(H3,12,13,14). The molecule has 2 aromatic rings. The summed E-state index contributed by atoms with van der Waals surface area (Å²) in [7, 11) is 0. The largest absolute Gasteiger partial charge is 0.465 e. The Labute approximate surface area is 103 Å². The first-order valence-electron chi connectivity index (χ1n) is 5.26. The molecule has 18 heavy (non-hydrogen) atoms. The van der Waals surface area contributed by atoms with Crippen molar-refractivity contribution in [1.82, 2.24) is 4.98 Å². The van der Waals surface area contributed by atoms with Gasteiger partial charge in [0.05, 0.1) is 11.5 Å². The van der Waals surface area contributed by atoms with Crippen LogP contribution in [0.5, 0.6) is 0 Å². The first kappa shape index (κ1) is 11.9. The highest BCUT2D eigenvalue weighted by molar-refractivity contribution is 5.59. The molecule has 2 heterocycles. The van der Waals surface area contributed by atoms with Gasteiger partial charge in [-0.15, -0.1) is 0 Å². The van der Waals surface area contributed by atoms with Crippen molar-refractivity contribution in [3.63, 3.8) is 0 Å². The maximum Gasteiger partial charge on any atom is 0.311 e. The van der Waals surface area contributed by atoms with Gasteiger partial charge in [0.1, 0.15) is 17.3 Å². The number of hydrogen-bond donors (Lipinski definition) is 2. The van der Waals surface area contributed by atoms with Crippen molar-refractivity contribution in [3.05, 3.63) is 45.9 Å². The second kappa shape index (κ2) is 4.74. The minimum Gasteiger partial charge on any atom is -0.465 e. The van der Waals surface area contributed by atoms with Crippen molar-refractivity contribution in [2.75, 3.05) is 11.1 Å². The Morgan fingerprint density at radius 3 is 2.83 bits per heavy atom. The molecule has 0 aliphatic heterocycles. The van der Waals surface area contributed by atoms with E-state index in [2.05, 4.69) is 10.3 Å². The van der Waals surface area contributed by atoms with Crippen LogP contribution in [0.4, 0.5) is 17.3 Å². The van der Waals surface area contributed by atoms with Gasteiger partial charge in [0.25, 0.3) is 0 Å². The molecule has 2 rings (SSSR count). The predicted octanol–water partition coefficient (Wildman–Crippen LogP) is 2.09. The van der Waals surface area contributed by atoms with Crippen LogP contribution in [0, 0.1) is 17.0 Å². The molecule has 0 spiro atoms. The number of nitrogens with two attached hydrogens (primary N) is 1. The van der Waals surface area contributed by atoms with E-state index in [-0.39, 0.29) is 17.3 Å². The number of pyridine rings is 1. The van der Waals surface area contributed by atoms with E-state index in [1.54, 1.807) is 6.07 Å². The highest BCUT2D eigenvalue weighted by atomic mass is 16.6. The highest BCUT2D eigenvalue weighted by Crippen LogP contribution is 2.23. The summed E-state index contributed by atoms with van der Waals surface area (Å²) < 4.78 is 5.34. The fourth-order valence-corrected chi connectivity index (χ4v) is 1.50. The lowest BCUT2D eigenvalue weighted by atomic mass is 10.3. The van der Waals surface area contributed by atoms with E-state index >= 15 is 0 Å². The molecule has 3 N–H and O–H groups in total. The third-order valence-electron chi connectivity index (χ3n) is 2.32. The van der Waals surface area contributed by atoms with E-state index < -0.39 is 4.92 Å². The normalized spacial score (nSPS) is 10.3. The lowest BCUT2D eigenvalue weighted by Crippen LogP contribution is -2.05. The van der Waals surface area contributed by atoms with E-state index in [1.807, 2.05) is 13.0 Å². The summed E-state index contributed by atoms with van der Waals surface area (Å²) in [5, 5.41) is 13.6. The van der Waals surface area contributed by atoms with Crippen molar-refractivity contribution >= 4 is 17.3 Å². The first-order valence-corrected chi connectivity index (χ1v) is 5.26. The number of rotatable bonds is 4. The van der Waals surface area contributed by atoms with Gasteiger partial charge in [0.15, 0.2) is 0 Å². The number of nitrogens with zero attached hydrogens (tertiary/aromatic N) is 2. The molecule has 0 aliphatic carbocycles. The maximum atomic E-state index is 10.8. The van der Waals surface area contributed by atoms with E-state index in [4.69, 9.17) is 10.2 Å². The van der Waals surface area contributed by atoms with Gasteiger partial charge in [0.2, 0.25) is 5.82 Å². The van der Waals surface area contributed by atoms with Crippen LogP contribution in [-0.4, -0.2) is 9.91 Å². The minimum atomic E-state index is -0.512. The molecule has 0 radical (unpaired) electrons. The molecule has 0 bridgehead atoms. The lowest BCUT2D eigenvalue weighted by molar-refractivity contribution is -0.384. The Bertz CT molecular complexity index is 579. The van der Waals surface area contributed by atoms with Gasteiger partial charge in [-0.2, -0.15) is 0 Å². The van der Waals surface area contributed by atoms with Crippen LogP contribution in [0.2, 0.25) is 0 Å². The fraction of sp³-hybridized carbons (Fsp3) is 0.182. The number of nitrogen functional groups attached to an aromatic ring is 1. The molecular formula is C11H12N4O3. The summed E-state index contributed by atoms with van der Waals surface area (Å²) in [5.74, 6) is 1.81. The number of aryl methyl sites for hydroxylation is 1. The van der Waals surface area contributed by atoms with Crippen LogP contribution < -0.4 is 11.1 Å². The van der Waals surface area contributed by atoms with Gasteiger partial charge in [-0.1, -0.05) is 0 Å². The average molecular weight is 248 g/mol. The molecule has 7 heteroatoms. The number of hydrogen-bond acceptors (Lipinski definition) is 6. The second-order valence-corrected chi connectivity index (χ2v) is 3.73. The number of aromatic nitrogens is 1. The summed E-state index contributed by atoms with van der Waals surface area (Å²) >= 11 is 0. The quantitative estimate of drug-likeness (QED) is 0.633.